The third kappa shape index (κ3) is 2.32. The highest BCUT2D eigenvalue weighted by Gasteiger charge is 2.30. The lowest BCUT2D eigenvalue weighted by atomic mass is 9.96. The predicted octanol–water partition coefficient (Wildman–Crippen LogP) is 2.08. The Bertz CT molecular complexity index is 730. The number of furan rings is 1. The van der Waals surface area contributed by atoms with Crippen LogP contribution in [0.3, 0.4) is 0 Å². The first-order chi connectivity index (χ1) is 10.6. The van der Waals surface area contributed by atoms with Crippen LogP contribution in [0.4, 0.5) is 0 Å². The molecule has 0 amide bonds. The molecule has 2 aromatic rings. The number of fused-ring (bicyclic) bond motifs is 1. The molecule has 114 valence electrons. The molecule has 6 heteroatoms. The van der Waals surface area contributed by atoms with Crippen molar-refractivity contribution in [1.82, 2.24) is 0 Å². The van der Waals surface area contributed by atoms with Gasteiger partial charge in [-0.25, -0.2) is 0 Å². The molecule has 1 aromatic carbocycles. The van der Waals surface area contributed by atoms with Gasteiger partial charge in [-0.05, 0) is 23.8 Å². The summed E-state index contributed by atoms with van der Waals surface area (Å²) in [6, 6.07) is 4.89. The molecule has 6 nitrogen and oxygen atoms in total. The fourth-order valence-corrected chi connectivity index (χ4v) is 2.64. The van der Waals surface area contributed by atoms with Crippen molar-refractivity contribution in [3.63, 3.8) is 0 Å². The van der Waals surface area contributed by atoms with Gasteiger partial charge in [0, 0.05) is 12.0 Å². The largest absolute Gasteiger partial charge is 0.496 e. The molecule has 0 spiro atoms. The highest BCUT2D eigenvalue weighted by Crippen LogP contribution is 2.40. The summed E-state index contributed by atoms with van der Waals surface area (Å²) < 4.78 is 16.0. The highest BCUT2D eigenvalue weighted by atomic mass is 16.5. The molecule has 0 radical (unpaired) electrons. The molecule has 1 aliphatic rings. The Hall–Kier alpha value is -2.76. The minimum absolute atomic E-state index is 0.156. The summed E-state index contributed by atoms with van der Waals surface area (Å²) in [4.78, 5) is 23.7. The van der Waals surface area contributed by atoms with Gasteiger partial charge in [0.25, 0.3) is 0 Å². The molecule has 0 unspecified atom stereocenters. The number of ether oxygens (including phenoxy) is 2. The van der Waals surface area contributed by atoms with E-state index in [0.29, 0.717) is 24.3 Å². The average Bonchev–Trinajstić information content (AvgIpc) is 3.15. The molecule has 1 aliphatic heterocycles. The van der Waals surface area contributed by atoms with Crippen molar-refractivity contribution in [2.45, 2.75) is 12.8 Å². The zero-order valence-electron chi connectivity index (χ0n) is 11.9. The maximum Gasteiger partial charge on any atom is 0.307 e. The van der Waals surface area contributed by atoms with Gasteiger partial charge in [-0.15, -0.1) is 0 Å². The number of carboxylic acids is 1. The number of methoxy groups -OCH3 is 1. The Morgan fingerprint density at radius 3 is 2.86 bits per heavy atom. The lowest BCUT2D eigenvalue weighted by Gasteiger charge is -2.15. The molecule has 0 atom stereocenters. The van der Waals surface area contributed by atoms with Gasteiger partial charge >= 0.3 is 5.97 Å². The number of hydrogen-bond donors (Lipinski definition) is 1. The Labute approximate surface area is 126 Å². The molecule has 0 bridgehead atoms. The van der Waals surface area contributed by atoms with Crippen molar-refractivity contribution in [1.29, 1.82) is 0 Å². The summed E-state index contributed by atoms with van der Waals surface area (Å²) in [5.74, 6) is -0.541. The van der Waals surface area contributed by atoms with Crippen LogP contribution in [0.2, 0.25) is 0 Å². The fourth-order valence-electron chi connectivity index (χ4n) is 2.64. The number of hydrogen-bond acceptors (Lipinski definition) is 5. The topological polar surface area (TPSA) is 86.0 Å². The summed E-state index contributed by atoms with van der Waals surface area (Å²) >= 11 is 0. The average molecular weight is 302 g/mol. The van der Waals surface area contributed by atoms with Crippen LogP contribution in [0.5, 0.6) is 11.5 Å². The van der Waals surface area contributed by atoms with Gasteiger partial charge in [0.2, 0.25) is 5.78 Å². The van der Waals surface area contributed by atoms with Crippen LogP contribution < -0.4 is 9.47 Å². The minimum Gasteiger partial charge on any atom is -0.496 e. The molecule has 3 rings (SSSR count). The number of aliphatic carboxylic acids is 1. The quantitative estimate of drug-likeness (QED) is 0.851. The number of rotatable bonds is 5. The number of carboxylic acid groups (broad SMARTS) is 1. The highest BCUT2D eigenvalue weighted by molar-refractivity contribution is 6.11. The summed E-state index contributed by atoms with van der Waals surface area (Å²) in [5, 5.41) is 9.06. The minimum atomic E-state index is -0.992. The van der Waals surface area contributed by atoms with Crippen molar-refractivity contribution in [3.05, 3.63) is 46.9 Å². The monoisotopic (exact) mass is 302 g/mol. The van der Waals surface area contributed by atoms with Gasteiger partial charge in [0.05, 0.1) is 26.4 Å². The summed E-state index contributed by atoms with van der Waals surface area (Å²) in [6.45, 7) is 0.452. The first kappa shape index (κ1) is 14.2. The van der Waals surface area contributed by atoms with Gasteiger partial charge < -0.3 is 19.0 Å². The van der Waals surface area contributed by atoms with Crippen LogP contribution in [0, 0.1) is 0 Å². The van der Waals surface area contributed by atoms with E-state index >= 15 is 0 Å². The lowest BCUT2D eigenvalue weighted by Crippen LogP contribution is -2.10. The van der Waals surface area contributed by atoms with E-state index in [2.05, 4.69) is 0 Å². The molecule has 0 saturated heterocycles. The van der Waals surface area contributed by atoms with E-state index in [1.54, 1.807) is 18.2 Å². The second-order valence-corrected chi connectivity index (χ2v) is 4.91. The van der Waals surface area contributed by atoms with E-state index in [4.69, 9.17) is 19.0 Å². The van der Waals surface area contributed by atoms with Gasteiger partial charge in [-0.2, -0.15) is 0 Å². The maximum atomic E-state index is 12.7. The Morgan fingerprint density at radius 2 is 2.23 bits per heavy atom. The van der Waals surface area contributed by atoms with Gasteiger partial charge in [0.15, 0.2) is 5.76 Å². The predicted molar refractivity (Wildman–Crippen MR) is 75.7 cm³/mol. The van der Waals surface area contributed by atoms with Gasteiger partial charge in [-0.3, -0.25) is 9.59 Å². The fraction of sp³-hybridized carbons (Fsp3) is 0.250. The van der Waals surface area contributed by atoms with Crippen LogP contribution in [0.15, 0.2) is 28.9 Å². The molecular formula is C16H14O6. The second-order valence-electron chi connectivity index (χ2n) is 4.91. The van der Waals surface area contributed by atoms with Crippen molar-refractivity contribution in [2.75, 3.05) is 13.7 Å². The van der Waals surface area contributed by atoms with Gasteiger partial charge in [-0.1, -0.05) is 0 Å². The van der Waals surface area contributed by atoms with Crippen LogP contribution >= 0.6 is 0 Å². The Balaban J connectivity index is 2.20. The molecule has 2 heterocycles. The summed E-state index contributed by atoms with van der Waals surface area (Å²) in [6.07, 6.45) is 1.81. The number of ketones is 1. The number of carbonyl (C=O) groups is 2. The molecule has 1 aromatic heterocycles. The molecule has 1 N–H and O–H groups in total. The standard InChI is InChI=1S/C16H14O6/c1-20-15-10(8-12(17)18)7-9-4-6-22-16(9)13(15)14(19)11-3-2-5-21-11/h2-3,5,7H,4,6,8H2,1H3,(H,17,18). The van der Waals surface area contributed by atoms with Crippen molar-refractivity contribution < 1.29 is 28.6 Å². The number of benzene rings is 1. The van der Waals surface area contributed by atoms with Crippen LogP contribution in [0.1, 0.15) is 27.2 Å². The van der Waals surface area contributed by atoms with Crippen molar-refractivity contribution >= 4 is 11.8 Å². The molecule has 0 aliphatic carbocycles. The molecule has 22 heavy (non-hydrogen) atoms. The van der Waals surface area contributed by atoms with E-state index in [-0.39, 0.29) is 29.3 Å². The van der Waals surface area contributed by atoms with E-state index in [1.807, 2.05) is 0 Å². The Kier molecular flexibility index (Phi) is 3.58. The second kappa shape index (κ2) is 5.55. The maximum absolute atomic E-state index is 12.7. The van der Waals surface area contributed by atoms with Crippen molar-refractivity contribution in [2.24, 2.45) is 0 Å². The summed E-state index contributed by atoms with van der Waals surface area (Å²) in [5.41, 5.74) is 1.49. The number of carbonyl (C=O) groups excluding carboxylic acids is 1. The first-order valence-corrected chi connectivity index (χ1v) is 6.77. The summed E-state index contributed by atoms with van der Waals surface area (Å²) in [7, 11) is 1.40. The smallest absolute Gasteiger partial charge is 0.307 e. The SMILES string of the molecule is COc1c(CC(=O)O)cc2c(c1C(=O)c1ccco1)OCC2. The lowest BCUT2D eigenvalue weighted by molar-refractivity contribution is -0.136. The third-order valence-electron chi connectivity index (χ3n) is 3.52. The van der Waals surface area contributed by atoms with E-state index in [0.717, 1.165) is 5.56 Å². The molecule has 0 saturated carbocycles. The van der Waals surface area contributed by atoms with E-state index in [1.165, 1.54) is 13.4 Å². The van der Waals surface area contributed by atoms with E-state index in [9.17, 15) is 9.59 Å². The third-order valence-corrected chi connectivity index (χ3v) is 3.52. The van der Waals surface area contributed by atoms with Crippen molar-refractivity contribution in [3.8, 4) is 11.5 Å². The van der Waals surface area contributed by atoms with Gasteiger partial charge in [0.1, 0.15) is 17.1 Å². The molecule has 0 fully saturated rings. The first-order valence-electron chi connectivity index (χ1n) is 6.77. The van der Waals surface area contributed by atoms with E-state index < -0.39 is 5.97 Å². The van der Waals surface area contributed by atoms with Crippen LogP contribution in [-0.4, -0.2) is 30.6 Å². The van der Waals surface area contributed by atoms with Crippen LogP contribution in [0.25, 0.3) is 0 Å². The molecular weight excluding hydrogens is 288 g/mol. The zero-order chi connectivity index (χ0) is 15.7. The zero-order valence-corrected chi connectivity index (χ0v) is 11.9. The Morgan fingerprint density at radius 1 is 1.41 bits per heavy atom. The normalized spacial score (nSPS) is 12.6. The van der Waals surface area contributed by atoms with Crippen LogP contribution in [-0.2, 0) is 17.6 Å².